The Labute approximate surface area is 84.2 Å². The zero-order valence-electron chi connectivity index (χ0n) is 8.72. The Balaban J connectivity index is 2.27. The van der Waals surface area contributed by atoms with Gasteiger partial charge >= 0.3 is 0 Å². The highest BCUT2D eigenvalue weighted by atomic mass is 16.3. The van der Waals surface area contributed by atoms with E-state index in [0.29, 0.717) is 6.04 Å². The van der Waals surface area contributed by atoms with Crippen LogP contribution in [0.25, 0.3) is 0 Å². The molecule has 0 aliphatic heterocycles. The first kappa shape index (κ1) is 11.1. The zero-order chi connectivity index (χ0) is 10.4. The monoisotopic (exact) mass is 198 g/mol. The number of aryl methyl sites for hydroxylation is 1. The smallest absolute Gasteiger partial charge is 0.137 e. The highest BCUT2D eigenvalue weighted by Gasteiger charge is 2.08. The molecule has 0 aliphatic rings. The van der Waals surface area contributed by atoms with Gasteiger partial charge in [-0.25, -0.2) is 4.98 Å². The highest BCUT2D eigenvalue weighted by Crippen LogP contribution is 1.96. The molecule has 80 valence electrons. The standard InChI is InChI=1S/C9H18N4O/c1-8(2)12-9(5-14)3-4-13-7-10-6-11-13/h6-9,12,14H,3-5H2,1-2H3. The Morgan fingerprint density at radius 1 is 1.50 bits per heavy atom. The molecule has 0 saturated carbocycles. The van der Waals surface area contributed by atoms with Crippen LogP contribution in [0.3, 0.4) is 0 Å². The lowest BCUT2D eigenvalue weighted by molar-refractivity contribution is 0.222. The number of aliphatic hydroxyl groups excluding tert-OH is 1. The molecule has 1 aromatic heterocycles. The molecular weight excluding hydrogens is 180 g/mol. The lowest BCUT2D eigenvalue weighted by atomic mass is 10.2. The summed E-state index contributed by atoms with van der Waals surface area (Å²) in [6, 6.07) is 0.530. The second-order valence-electron chi connectivity index (χ2n) is 3.65. The van der Waals surface area contributed by atoms with E-state index in [4.69, 9.17) is 5.11 Å². The molecule has 1 heterocycles. The van der Waals surface area contributed by atoms with Crippen LogP contribution in [0.1, 0.15) is 20.3 Å². The normalized spacial score (nSPS) is 13.4. The minimum atomic E-state index is 0.138. The van der Waals surface area contributed by atoms with Gasteiger partial charge < -0.3 is 10.4 Å². The van der Waals surface area contributed by atoms with Crippen molar-refractivity contribution in [3.63, 3.8) is 0 Å². The molecule has 1 atom stereocenters. The summed E-state index contributed by atoms with van der Waals surface area (Å²) in [7, 11) is 0. The molecule has 5 heteroatoms. The van der Waals surface area contributed by atoms with Gasteiger partial charge in [0.15, 0.2) is 0 Å². The predicted octanol–water partition coefficient (Wildman–Crippen LogP) is 0.0271. The third-order valence-electron chi connectivity index (χ3n) is 1.96. The second-order valence-corrected chi connectivity index (χ2v) is 3.65. The van der Waals surface area contributed by atoms with Gasteiger partial charge in [-0.15, -0.1) is 0 Å². The maximum atomic E-state index is 9.10. The molecule has 0 spiro atoms. The molecule has 0 aromatic carbocycles. The van der Waals surface area contributed by atoms with Crippen LogP contribution in [0.2, 0.25) is 0 Å². The summed E-state index contributed by atoms with van der Waals surface area (Å²) in [4.78, 5) is 3.86. The van der Waals surface area contributed by atoms with Crippen molar-refractivity contribution in [1.29, 1.82) is 0 Å². The van der Waals surface area contributed by atoms with Crippen molar-refractivity contribution in [2.45, 2.75) is 38.9 Å². The third kappa shape index (κ3) is 3.85. The summed E-state index contributed by atoms with van der Waals surface area (Å²) in [6.45, 7) is 5.08. The third-order valence-corrected chi connectivity index (χ3v) is 1.96. The van der Waals surface area contributed by atoms with Crippen LogP contribution >= 0.6 is 0 Å². The van der Waals surface area contributed by atoms with Crippen LogP contribution in [0.5, 0.6) is 0 Å². The van der Waals surface area contributed by atoms with E-state index in [1.54, 1.807) is 11.0 Å². The van der Waals surface area contributed by atoms with E-state index < -0.39 is 0 Å². The van der Waals surface area contributed by atoms with Crippen molar-refractivity contribution in [1.82, 2.24) is 20.1 Å². The molecule has 1 rings (SSSR count). The minimum absolute atomic E-state index is 0.138. The zero-order valence-corrected chi connectivity index (χ0v) is 8.72. The van der Waals surface area contributed by atoms with Crippen molar-refractivity contribution in [2.24, 2.45) is 0 Å². The molecule has 0 amide bonds. The molecule has 2 N–H and O–H groups in total. The van der Waals surface area contributed by atoms with Crippen molar-refractivity contribution in [3.05, 3.63) is 12.7 Å². The highest BCUT2D eigenvalue weighted by molar-refractivity contribution is 4.68. The van der Waals surface area contributed by atoms with Gasteiger partial charge in [-0.05, 0) is 6.42 Å². The van der Waals surface area contributed by atoms with Crippen molar-refractivity contribution in [2.75, 3.05) is 6.61 Å². The van der Waals surface area contributed by atoms with Crippen LogP contribution < -0.4 is 5.32 Å². The second kappa shape index (κ2) is 5.72. The first-order valence-electron chi connectivity index (χ1n) is 4.91. The number of nitrogens with zero attached hydrogens (tertiary/aromatic N) is 3. The molecule has 1 aromatic rings. The van der Waals surface area contributed by atoms with Crippen LogP contribution in [-0.4, -0.2) is 38.6 Å². The maximum Gasteiger partial charge on any atom is 0.137 e. The number of aromatic nitrogens is 3. The summed E-state index contributed by atoms with van der Waals surface area (Å²) >= 11 is 0. The molecule has 0 radical (unpaired) electrons. The van der Waals surface area contributed by atoms with Gasteiger partial charge in [-0.2, -0.15) is 5.10 Å². The van der Waals surface area contributed by atoms with Gasteiger partial charge in [-0.3, -0.25) is 4.68 Å². The maximum absolute atomic E-state index is 9.10. The lowest BCUT2D eigenvalue weighted by Crippen LogP contribution is -2.38. The number of hydrogen-bond donors (Lipinski definition) is 2. The molecule has 0 saturated heterocycles. The largest absolute Gasteiger partial charge is 0.395 e. The number of nitrogens with one attached hydrogen (secondary N) is 1. The lowest BCUT2D eigenvalue weighted by Gasteiger charge is -2.18. The molecule has 1 unspecified atom stereocenters. The molecule has 0 bridgehead atoms. The summed E-state index contributed by atoms with van der Waals surface area (Å²) in [6.07, 6.45) is 4.06. The van der Waals surface area contributed by atoms with E-state index in [0.717, 1.165) is 13.0 Å². The first-order chi connectivity index (χ1) is 6.72. The number of hydrogen-bond acceptors (Lipinski definition) is 4. The quantitative estimate of drug-likeness (QED) is 0.677. The Morgan fingerprint density at radius 2 is 2.29 bits per heavy atom. The van der Waals surface area contributed by atoms with Gasteiger partial charge in [0.1, 0.15) is 12.7 Å². The Kier molecular flexibility index (Phi) is 4.55. The van der Waals surface area contributed by atoms with Crippen LogP contribution in [0, 0.1) is 0 Å². The Bertz CT molecular complexity index is 235. The van der Waals surface area contributed by atoms with E-state index in [2.05, 4.69) is 29.2 Å². The molecule has 0 fully saturated rings. The fraction of sp³-hybridized carbons (Fsp3) is 0.778. The summed E-state index contributed by atoms with van der Waals surface area (Å²) in [5.41, 5.74) is 0. The van der Waals surface area contributed by atoms with Crippen LogP contribution in [-0.2, 0) is 6.54 Å². The van der Waals surface area contributed by atoms with E-state index in [9.17, 15) is 0 Å². The summed E-state index contributed by atoms with van der Waals surface area (Å²) in [5, 5.41) is 16.4. The van der Waals surface area contributed by atoms with Gasteiger partial charge in [0, 0.05) is 18.6 Å². The van der Waals surface area contributed by atoms with Gasteiger partial charge in [0.25, 0.3) is 0 Å². The van der Waals surface area contributed by atoms with Gasteiger partial charge in [-0.1, -0.05) is 13.8 Å². The molecule has 0 aliphatic carbocycles. The summed E-state index contributed by atoms with van der Waals surface area (Å²) < 4.78 is 1.77. The van der Waals surface area contributed by atoms with Crippen LogP contribution in [0.4, 0.5) is 0 Å². The first-order valence-corrected chi connectivity index (χ1v) is 4.91. The van der Waals surface area contributed by atoms with E-state index in [1.807, 2.05) is 0 Å². The van der Waals surface area contributed by atoms with Gasteiger partial charge in [0.05, 0.1) is 6.61 Å². The summed E-state index contributed by atoms with van der Waals surface area (Å²) in [5.74, 6) is 0. The predicted molar refractivity (Wildman–Crippen MR) is 53.8 cm³/mol. The van der Waals surface area contributed by atoms with Crippen molar-refractivity contribution in [3.8, 4) is 0 Å². The number of rotatable bonds is 6. The molecule has 14 heavy (non-hydrogen) atoms. The fourth-order valence-corrected chi connectivity index (χ4v) is 1.34. The number of aliphatic hydroxyl groups is 1. The van der Waals surface area contributed by atoms with Crippen molar-refractivity contribution < 1.29 is 5.11 Å². The van der Waals surface area contributed by atoms with Crippen LogP contribution in [0.15, 0.2) is 12.7 Å². The molecule has 5 nitrogen and oxygen atoms in total. The average Bonchev–Trinajstić information content (AvgIpc) is 2.64. The fourth-order valence-electron chi connectivity index (χ4n) is 1.34. The average molecular weight is 198 g/mol. The van der Waals surface area contributed by atoms with E-state index >= 15 is 0 Å². The van der Waals surface area contributed by atoms with Crippen molar-refractivity contribution >= 4 is 0 Å². The minimum Gasteiger partial charge on any atom is -0.395 e. The topological polar surface area (TPSA) is 63.0 Å². The van der Waals surface area contributed by atoms with E-state index in [-0.39, 0.29) is 12.6 Å². The van der Waals surface area contributed by atoms with Gasteiger partial charge in [0.2, 0.25) is 0 Å². The Hall–Kier alpha value is -0.940. The molecular formula is C9H18N4O. The van der Waals surface area contributed by atoms with E-state index in [1.165, 1.54) is 6.33 Å². The SMILES string of the molecule is CC(C)NC(CO)CCn1cncn1. The Morgan fingerprint density at radius 3 is 2.79 bits per heavy atom.